The minimum atomic E-state index is -3.54. The van der Waals surface area contributed by atoms with Crippen molar-refractivity contribution in [2.24, 2.45) is 5.92 Å². The summed E-state index contributed by atoms with van der Waals surface area (Å²) in [6, 6.07) is 6.44. The van der Waals surface area contributed by atoms with Crippen molar-refractivity contribution in [2.45, 2.75) is 18.7 Å². The summed E-state index contributed by atoms with van der Waals surface area (Å²) in [5.74, 6) is -0.268. The molecule has 0 radical (unpaired) electrons. The summed E-state index contributed by atoms with van der Waals surface area (Å²) in [6.45, 7) is 4.47. The van der Waals surface area contributed by atoms with E-state index in [2.05, 4.69) is 5.32 Å². The summed E-state index contributed by atoms with van der Waals surface area (Å²) in [4.78, 5) is 12.1. The lowest BCUT2D eigenvalue weighted by atomic mass is 10.1. The number of hydrogen-bond acceptors (Lipinski definition) is 5. The molecule has 0 saturated carbocycles. The van der Waals surface area contributed by atoms with E-state index in [9.17, 15) is 17.6 Å². The van der Waals surface area contributed by atoms with Crippen molar-refractivity contribution >= 4 is 39.1 Å². The van der Waals surface area contributed by atoms with Crippen molar-refractivity contribution in [3.05, 3.63) is 52.8 Å². The summed E-state index contributed by atoms with van der Waals surface area (Å²) in [7, 11) is -2.06. The average Bonchev–Trinajstić information content (AvgIpc) is 2.65. The van der Waals surface area contributed by atoms with E-state index in [1.807, 2.05) is 13.8 Å². The molecular formula is C21H23ClFNO5S. The Hall–Kier alpha value is -2.58. The number of carbonyl (C=O) groups is 1. The van der Waals surface area contributed by atoms with Crippen LogP contribution in [0.2, 0.25) is 5.02 Å². The zero-order valence-corrected chi connectivity index (χ0v) is 18.6. The van der Waals surface area contributed by atoms with Crippen LogP contribution in [0.5, 0.6) is 11.5 Å². The van der Waals surface area contributed by atoms with Gasteiger partial charge in [0.25, 0.3) is 0 Å². The maximum atomic E-state index is 13.9. The Morgan fingerprint density at radius 2 is 1.97 bits per heavy atom. The third kappa shape index (κ3) is 6.47. The number of carbonyl (C=O) groups excluding carboxylic acids is 1. The molecule has 0 unspecified atom stereocenters. The highest BCUT2D eigenvalue weighted by Crippen LogP contribution is 2.37. The number of anilines is 1. The van der Waals surface area contributed by atoms with Gasteiger partial charge >= 0.3 is 0 Å². The van der Waals surface area contributed by atoms with Crippen LogP contribution >= 0.6 is 11.6 Å². The molecular weight excluding hydrogens is 433 g/mol. The molecule has 162 valence electrons. The standard InChI is InChI=1S/C21H23ClFNO5S/c1-13(2)12-29-21-16(22)9-14(10-19(21)28-3)5-8-20(25)24-18-11-15(30(4,26)27)6-7-17(18)23/h5-11,13H,12H2,1-4H3,(H,24,25)/b8-5+. The first-order valence-corrected chi connectivity index (χ1v) is 11.3. The van der Waals surface area contributed by atoms with Crippen molar-refractivity contribution in [1.82, 2.24) is 0 Å². The summed E-state index contributed by atoms with van der Waals surface area (Å²) in [5.41, 5.74) is 0.329. The fraction of sp³-hybridized carbons (Fsp3) is 0.286. The van der Waals surface area contributed by atoms with Gasteiger partial charge in [-0.15, -0.1) is 0 Å². The van der Waals surface area contributed by atoms with Gasteiger partial charge < -0.3 is 14.8 Å². The summed E-state index contributed by atoms with van der Waals surface area (Å²) >= 11 is 6.28. The highest BCUT2D eigenvalue weighted by molar-refractivity contribution is 7.90. The highest BCUT2D eigenvalue weighted by atomic mass is 35.5. The molecule has 2 aromatic carbocycles. The van der Waals surface area contributed by atoms with Crippen LogP contribution in [0.15, 0.2) is 41.3 Å². The number of hydrogen-bond donors (Lipinski definition) is 1. The van der Waals surface area contributed by atoms with E-state index >= 15 is 0 Å². The molecule has 9 heteroatoms. The smallest absolute Gasteiger partial charge is 0.248 e. The second-order valence-electron chi connectivity index (χ2n) is 6.98. The monoisotopic (exact) mass is 455 g/mol. The first-order chi connectivity index (χ1) is 14.0. The van der Waals surface area contributed by atoms with Crippen molar-refractivity contribution in [3.8, 4) is 11.5 Å². The lowest BCUT2D eigenvalue weighted by Crippen LogP contribution is -2.10. The molecule has 0 atom stereocenters. The van der Waals surface area contributed by atoms with Gasteiger partial charge in [0.15, 0.2) is 21.3 Å². The Bertz CT molecular complexity index is 1070. The number of nitrogens with one attached hydrogen (secondary N) is 1. The second kappa shape index (κ2) is 9.95. The van der Waals surface area contributed by atoms with E-state index in [0.717, 1.165) is 24.5 Å². The minimum Gasteiger partial charge on any atom is -0.493 e. The highest BCUT2D eigenvalue weighted by Gasteiger charge is 2.14. The van der Waals surface area contributed by atoms with Crippen molar-refractivity contribution in [3.63, 3.8) is 0 Å². The first-order valence-electron chi connectivity index (χ1n) is 9.00. The maximum Gasteiger partial charge on any atom is 0.248 e. The molecule has 2 rings (SSSR count). The van der Waals surface area contributed by atoms with Crippen LogP contribution in [0.3, 0.4) is 0 Å². The van der Waals surface area contributed by atoms with Crippen LogP contribution in [0, 0.1) is 11.7 Å². The zero-order chi connectivity index (χ0) is 22.5. The average molecular weight is 456 g/mol. The largest absolute Gasteiger partial charge is 0.493 e. The molecule has 30 heavy (non-hydrogen) atoms. The Labute approximate surface area is 180 Å². The van der Waals surface area contributed by atoms with Gasteiger partial charge in [0, 0.05) is 12.3 Å². The number of benzene rings is 2. The Kier molecular flexibility index (Phi) is 7.86. The van der Waals surface area contributed by atoms with E-state index in [1.54, 1.807) is 12.1 Å². The fourth-order valence-corrected chi connectivity index (χ4v) is 3.32. The number of rotatable bonds is 8. The number of amides is 1. The molecule has 0 bridgehead atoms. The summed E-state index contributed by atoms with van der Waals surface area (Å²) in [6.07, 6.45) is 3.64. The molecule has 1 amide bonds. The minimum absolute atomic E-state index is 0.100. The van der Waals surface area contributed by atoms with E-state index in [0.29, 0.717) is 34.6 Å². The third-order valence-corrected chi connectivity index (χ3v) is 5.25. The third-order valence-electron chi connectivity index (χ3n) is 3.86. The van der Waals surface area contributed by atoms with Crippen molar-refractivity contribution < 1.29 is 27.1 Å². The van der Waals surface area contributed by atoms with Gasteiger partial charge in [-0.25, -0.2) is 12.8 Å². The molecule has 0 fully saturated rings. The lowest BCUT2D eigenvalue weighted by Gasteiger charge is -2.14. The van der Waals surface area contributed by atoms with Gasteiger partial charge in [0.05, 0.1) is 29.3 Å². The molecule has 0 aliphatic carbocycles. The number of halogens is 2. The Morgan fingerprint density at radius 3 is 2.57 bits per heavy atom. The van der Waals surface area contributed by atoms with E-state index < -0.39 is 21.6 Å². The van der Waals surface area contributed by atoms with Crippen LogP contribution in [0.4, 0.5) is 10.1 Å². The first kappa shape index (κ1) is 23.7. The number of ether oxygens (including phenoxy) is 2. The zero-order valence-electron chi connectivity index (χ0n) is 17.0. The molecule has 0 aromatic heterocycles. The van der Waals surface area contributed by atoms with Crippen molar-refractivity contribution in [2.75, 3.05) is 25.3 Å². The second-order valence-corrected chi connectivity index (χ2v) is 9.40. The normalized spacial score (nSPS) is 11.7. The van der Waals surface area contributed by atoms with Crippen LogP contribution in [-0.2, 0) is 14.6 Å². The molecule has 1 N–H and O–H groups in total. The van der Waals surface area contributed by atoms with Crippen LogP contribution in [-0.4, -0.2) is 34.3 Å². The molecule has 0 aliphatic rings. The maximum absolute atomic E-state index is 13.9. The van der Waals surface area contributed by atoms with Gasteiger partial charge in [-0.2, -0.15) is 0 Å². The van der Waals surface area contributed by atoms with Gasteiger partial charge in [-0.1, -0.05) is 25.4 Å². The van der Waals surface area contributed by atoms with Crippen molar-refractivity contribution in [1.29, 1.82) is 0 Å². The van der Waals surface area contributed by atoms with E-state index in [-0.39, 0.29) is 10.6 Å². The number of methoxy groups -OCH3 is 1. The number of sulfone groups is 1. The molecule has 2 aromatic rings. The van der Waals surface area contributed by atoms with E-state index in [1.165, 1.54) is 19.3 Å². The summed E-state index contributed by atoms with van der Waals surface area (Å²) < 4.78 is 48.1. The van der Waals surface area contributed by atoms with Gasteiger partial charge in [-0.05, 0) is 47.9 Å². The molecule has 6 nitrogen and oxygen atoms in total. The van der Waals surface area contributed by atoms with Gasteiger partial charge in [-0.3, -0.25) is 4.79 Å². The van der Waals surface area contributed by atoms with Crippen LogP contribution < -0.4 is 14.8 Å². The van der Waals surface area contributed by atoms with Gasteiger partial charge in [0.1, 0.15) is 5.82 Å². The fourth-order valence-electron chi connectivity index (χ4n) is 2.40. The van der Waals surface area contributed by atoms with Gasteiger partial charge in [0.2, 0.25) is 5.91 Å². The van der Waals surface area contributed by atoms with Crippen LogP contribution in [0.1, 0.15) is 19.4 Å². The van der Waals surface area contributed by atoms with Crippen LogP contribution in [0.25, 0.3) is 6.08 Å². The quantitative estimate of drug-likeness (QED) is 0.465. The predicted molar refractivity (Wildman–Crippen MR) is 116 cm³/mol. The molecule has 0 heterocycles. The van der Waals surface area contributed by atoms with E-state index in [4.69, 9.17) is 21.1 Å². The Balaban J connectivity index is 2.20. The molecule has 0 saturated heterocycles. The molecule has 0 aliphatic heterocycles. The lowest BCUT2D eigenvalue weighted by molar-refractivity contribution is -0.111. The Morgan fingerprint density at radius 1 is 1.27 bits per heavy atom. The molecule has 0 spiro atoms. The topological polar surface area (TPSA) is 81.7 Å². The predicted octanol–water partition coefficient (Wildman–Crippen LogP) is 4.58. The SMILES string of the molecule is COc1cc(/C=C/C(=O)Nc2cc(S(C)(=O)=O)ccc2F)cc(Cl)c1OCC(C)C. The summed E-state index contributed by atoms with van der Waals surface area (Å²) in [5, 5.41) is 2.65.